The number of amides is 2. The van der Waals surface area contributed by atoms with Gasteiger partial charge in [0.05, 0.1) is 0 Å². The number of nitrogens with zero attached hydrogens (tertiary/aromatic N) is 2. The number of thioether (sulfide) groups is 1. The summed E-state index contributed by atoms with van der Waals surface area (Å²) in [6.07, 6.45) is 5.73. The second-order valence-electron chi connectivity index (χ2n) is 7.39. The molecule has 1 aromatic heterocycles. The van der Waals surface area contributed by atoms with E-state index in [9.17, 15) is 4.79 Å². The average molecular weight is 356 g/mol. The summed E-state index contributed by atoms with van der Waals surface area (Å²) >= 11 is 1.82. The van der Waals surface area contributed by atoms with Crippen LogP contribution in [-0.4, -0.2) is 26.7 Å². The van der Waals surface area contributed by atoms with Gasteiger partial charge in [0.15, 0.2) is 0 Å². The Morgan fingerprint density at radius 2 is 1.96 bits per heavy atom. The van der Waals surface area contributed by atoms with E-state index in [2.05, 4.69) is 43.2 Å². The van der Waals surface area contributed by atoms with Crippen molar-refractivity contribution in [2.75, 3.05) is 5.32 Å². The van der Waals surface area contributed by atoms with Gasteiger partial charge in [-0.15, -0.1) is 11.8 Å². The maximum atomic E-state index is 12.7. The molecule has 1 aliphatic rings. The lowest BCUT2D eigenvalue weighted by atomic mass is 10.2. The van der Waals surface area contributed by atoms with Crippen LogP contribution in [0.1, 0.15) is 39.2 Å². The first-order valence-electron chi connectivity index (χ1n) is 8.66. The van der Waals surface area contributed by atoms with E-state index < -0.39 is 0 Å². The number of carbonyl (C=O) groups excluding carboxylic acids is 1. The molecule has 0 bridgehead atoms. The normalized spacial score (nSPS) is 14.2. The molecule has 1 aliphatic carbocycles. The molecule has 25 heavy (non-hydrogen) atoms. The van der Waals surface area contributed by atoms with Crippen molar-refractivity contribution in [3.8, 4) is 0 Å². The molecule has 4 nitrogen and oxygen atoms in total. The second kappa shape index (κ2) is 7.48. The summed E-state index contributed by atoms with van der Waals surface area (Å²) in [5.41, 5.74) is 1.89. The molecule has 0 spiro atoms. The average Bonchev–Trinajstić information content (AvgIpc) is 3.39. The third-order valence-electron chi connectivity index (χ3n) is 3.85. The quantitative estimate of drug-likeness (QED) is 0.753. The van der Waals surface area contributed by atoms with E-state index in [4.69, 9.17) is 0 Å². The zero-order valence-corrected chi connectivity index (χ0v) is 15.8. The van der Waals surface area contributed by atoms with Crippen LogP contribution in [0.4, 0.5) is 10.5 Å². The van der Waals surface area contributed by atoms with Gasteiger partial charge in [-0.3, -0.25) is 4.98 Å². The van der Waals surface area contributed by atoms with Gasteiger partial charge in [0.1, 0.15) is 0 Å². The molecule has 1 fully saturated rings. The minimum absolute atomic E-state index is 0.0393. The molecule has 1 aromatic carbocycles. The second-order valence-corrected chi connectivity index (χ2v) is 9.29. The number of hydrogen-bond donors (Lipinski definition) is 1. The molecular weight excluding hydrogens is 330 g/mol. The van der Waals surface area contributed by atoms with Crippen LogP contribution in [0.5, 0.6) is 0 Å². The van der Waals surface area contributed by atoms with Gasteiger partial charge in [-0.25, -0.2) is 4.79 Å². The lowest BCUT2D eigenvalue weighted by Crippen LogP contribution is -2.36. The number of nitrogens with one attached hydrogen (secondary N) is 1. The Balaban J connectivity index is 1.63. The lowest BCUT2D eigenvalue weighted by Gasteiger charge is -2.23. The molecule has 132 valence electrons. The molecule has 0 saturated heterocycles. The van der Waals surface area contributed by atoms with Crippen molar-refractivity contribution < 1.29 is 4.79 Å². The third-order valence-corrected chi connectivity index (χ3v) is 4.97. The Morgan fingerprint density at radius 1 is 1.24 bits per heavy atom. The molecular formula is C20H25N3OS. The molecule has 2 aromatic rings. The zero-order chi connectivity index (χ0) is 17.9. The predicted molar refractivity (Wildman–Crippen MR) is 104 cm³/mol. The number of pyridine rings is 1. The van der Waals surface area contributed by atoms with Crippen molar-refractivity contribution in [2.24, 2.45) is 0 Å². The maximum Gasteiger partial charge on any atom is 0.322 e. The van der Waals surface area contributed by atoms with Gasteiger partial charge in [0.2, 0.25) is 0 Å². The molecule has 1 N–H and O–H groups in total. The Morgan fingerprint density at radius 3 is 2.52 bits per heavy atom. The van der Waals surface area contributed by atoms with Gasteiger partial charge in [-0.05, 0) is 48.7 Å². The molecule has 5 heteroatoms. The fourth-order valence-electron chi connectivity index (χ4n) is 2.60. The van der Waals surface area contributed by atoms with Crippen LogP contribution in [0.25, 0.3) is 0 Å². The molecule has 0 atom stereocenters. The number of urea groups is 1. The highest BCUT2D eigenvalue weighted by molar-refractivity contribution is 8.00. The fraction of sp³-hybridized carbons (Fsp3) is 0.400. The highest BCUT2D eigenvalue weighted by Gasteiger charge is 2.32. The standard InChI is InChI=1S/C20H25N3OS/c1-20(2,3)25-18-10-6-16(7-11-18)22-19(24)23(17-8-9-17)14-15-5-4-12-21-13-15/h4-7,10-13,17H,8-9,14H2,1-3H3,(H,22,24). The Hall–Kier alpha value is -2.01. The molecule has 0 aliphatic heterocycles. The SMILES string of the molecule is CC(C)(C)Sc1ccc(NC(=O)N(Cc2cccnc2)C2CC2)cc1. The van der Waals surface area contributed by atoms with Gasteiger partial charge >= 0.3 is 6.03 Å². The first-order valence-corrected chi connectivity index (χ1v) is 9.48. The van der Waals surface area contributed by atoms with Crippen molar-refractivity contribution in [3.63, 3.8) is 0 Å². The molecule has 1 saturated carbocycles. The van der Waals surface area contributed by atoms with Crippen LogP contribution < -0.4 is 5.32 Å². The largest absolute Gasteiger partial charge is 0.322 e. The monoisotopic (exact) mass is 355 g/mol. The lowest BCUT2D eigenvalue weighted by molar-refractivity contribution is 0.206. The van der Waals surface area contributed by atoms with Gasteiger partial charge < -0.3 is 10.2 Å². The number of rotatable bonds is 5. The number of anilines is 1. The molecule has 1 heterocycles. The van der Waals surface area contributed by atoms with E-state index in [-0.39, 0.29) is 10.8 Å². The van der Waals surface area contributed by atoms with Gasteiger partial charge in [0, 0.05) is 40.3 Å². The van der Waals surface area contributed by atoms with Crippen molar-refractivity contribution >= 4 is 23.5 Å². The molecule has 3 rings (SSSR count). The minimum Gasteiger partial charge on any atom is -0.317 e. The van der Waals surface area contributed by atoms with E-state index in [1.54, 1.807) is 6.20 Å². The van der Waals surface area contributed by atoms with E-state index in [0.29, 0.717) is 12.6 Å². The van der Waals surface area contributed by atoms with Crippen LogP contribution in [0, 0.1) is 0 Å². The van der Waals surface area contributed by atoms with Crippen LogP contribution in [0.15, 0.2) is 53.7 Å². The predicted octanol–water partition coefficient (Wildman–Crippen LogP) is 5.17. The summed E-state index contributed by atoms with van der Waals surface area (Å²) in [6.45, 7) is 7.18. The molecule has 0 radical (unpaired) electrons. The van der Waals surface area contributed by atoms with Crippen molar-refractivity contribution in [1.82, 2.24) is 9.88 Å². The Labute approximate surface area is 154 Å². The van der Waals surface area contributed by atoms with Crippen LogP contribution >= 0.6 is 11.8 Å². The first-order chi connectivity index (χ1) is 11.9. The molecule has 0 unspecified atom stereocenters. The van der Waals surface area contributed by atoms with Crippen molar-refractivity contribution in [3.05, 3.63) is 54.4 Å². The van der Waals surface area contributed by atoms with Crippen LogP contribution in [0.2, 0.25) is 0 Å². The van der Waals surface area contributed by atoms with Crippen LogP contribution in [0.3, 0.4) is 0 Å². The Kier molecular flexibility index (Phi) is 5.33. The Bertz CT molecular complexity index is 706. The number of carbonyl (C=O) groups is 1. The van der Waals surface area contributed by atoms with Gasteiger partial charge in [-0.1, -0.05) is 26.8 Å². The summed E-state index contributed by atoms with van der Waals surface area (Å²) in [4.78, 5) is 20.0. The van der Waals surface area contributed by atoms with Gasteiger partial charge in [-0.2, -0.15) is 0 Å². The summed E-state index contributed by atoms with van der Waals surface area (Å²) in [5.74, 6) is 0. The third kappa shape index (κ3) is 5.49. The van der Waals surface area contributed by atoms with E-state index in [1.807, 2.05) is 47.1 Å². The molecule has 2 amide bonds. The zero-order valence-electron chi connectivity index (χ0n) is 15.0. The van der Waals surface area contributed by atoms with Crippen molar-refractivity contribution in [2.45, 2.75) is 55.8 Å². The summed E-state index contributed by atoms with van der Waals surface area (Å²) in [7, 11) is 0. The number of aromatic nitrogens is 1. The summed E-state index contributed by atoms with van der Waals surface area (Å²) < 4.78 is 0.178. The van der Waals surface area contributed by atoms with E-state index in [0.717, 1.165) is 24.1 Å². The van der Waals surface area contributed by atoms with Gasteiger partial charge in [0.25, 0.3) is 0 Å². The number of hydrogen-bond acceptors (Lipinski definition) is 3. The minimum atomic E-state index is -0.0393. The maximum absolute atomic E-state index is 12.7. The highest BCUT2D eigenvalue weighted by Crippen LogP contribution is 2.33. The first kappa shape index (κ1) is 17.8. The summed E-state index contributed by atoms with van der Waals surface area (Å²) in [5, 5.41) is 3.03. The van der Waals surface area contributed by atoms with Crippen molar-refractivity contribution in [1.29, 1.82) is 0 Å². The fourth-order valence-corrected chi connectivity index (χ4v) is 3.58. The highest BCUT2D eigenvalue weighted by atomic mass is 32.2. The topological polar surface area (TPSA) is 45.2 Å². The smallest absolute Gasteiger partial charge is 0.317 e. The van der Waals surface area contributed by atoms with E-state index in [1.165, 1.54) is 4.90 Å². The number of benzene rings is 1. The van der Waals surface area contributed by atoms with E-state index >= 15 is 0 Å². The summed E-state index contributed by atoms with van der Waals surface area (Å²) in [6, 6.07) is 12.3. The van der Waals surface area contributed by atoms with Crippen LogP contribution in [-0.2, 0) is 6.54 Å².